The molecule has 0 amide bonds. The van der Waals surface area contributed by atoms with Crippen LogP contribution in [0.5, 0.6) is 0 Å². The molecule has 4 unspecified atom stereocenters. The molecule has 2 rings (SSSR count). The van der Waals surface area contributed by atoms with Crippen molar-refractivity contribution >= 4 is 23.7 Å². The summed E-state index contributed by atoms with van der Waals surface area (Å²) in [6.45, 7) is 1.35. The van der Waals surface area contributed by atoms with Crippen molar-refractivity contribution in [3.63, 3.8) is 0 Å². The van der Waals surface area contributed by atoms with E-state index in [0.717, 1.165) is 32.1 Å². The number of carbonyl (C=O) groups is 4. The van der Waals surface area contributed by atoms with Gasteiger partial charge in [-0.15, -0.1) is 0 Å². The number of rotatable bonds is 16. The molecule has 0 bridgehead atoms. The maximum atomic E-state index is 12.8. The standard InChI is InChI=1S/C27H42O12/c1-2-3-6-10-17-16(9-7-4-5-8-11-21(30)31)18(29)14-19(17)37-22(32)12-13-23(33)39-27-26(36)25(35)24(34)20(15-28)38-27/h6,10,16-17,19-20,24-28,34-36H,2-5,7-9,11-15H2,1H3,(H,30,31)/b10-6+/t16?,17?,19?,20-,24-,25+,26-,27?/m1/s1. The Morgan fingerprint density at radius 1 is 0.949 bits per heavy atom. The quantitative estimate of drug-likeness (QED) is 0.103. The predicted molar refractivity (Wildman–Crippen MR) is 135 cm³/mol. The van der Waals surface area contributed by atoms with Crippen LogP contribution in [0.1, 0.15) is 77.6 Å². The minimum absolute atomic E-state index is 0.00603. The number of carboxylic acids is 1. The summed E-state index contributed by atoms with van der Waals surface area (Å²) in [5.74, 6) is -3.01. The molecule has 0 radical (unpaired) electrons. The van der Waals surface area contributed by atoms with Gasteiger partial charge in [0.15, 0.2) is 0 Å². The van der Waals surface area contributed by atoms with Gasteiger partial charge in [0.1, 0.15) is 36.3 Å². The zero-order chi connectivity index (χ0) is 28.9. The van der Waals surface area contributed by atoms with E-state index in [2.05, 4.69) is 0 Å². The third-order valence-corrected chi connectivity index (χ3v) is 7.09. The van der Waals surface area contributed by atoms with Crippen LogP contribution in [0.15, 0.2) is 12.2 Å². The second-order valence-electron chi connectivity index (χ2n) is 10.1. The van der Waals surface area contributed by atoms with E-state index in [0.29, 0.717) is 12.8 Å². The lowest BCUT2D eigenvalue weighted by molar-refractivity contribution is -0.292. The number of carbonyl (C=O) groups excluding carboxylic acids is 3. The summed E-state index contributed by atoms with van der Waals surface area (Å²) in [6.07, 6.45) is 0.0668. The molecule has 0 aromatic heterocycles. The Kier molecular flexibility index (Phi) is 14.0. The molecule has 2 fully saturated rings. The van der Waals surface area contributed by atoms with Gasteiger partial charge in [-0.3, -0.25) is 19.2 Å². The Morgan fingerprint density at radius 3 is 2.26 bits per heavy atom. The van der Waals surface area contributed by atoms with Gasteiger partial charge in [0.2, 0.25) is 6.29 Å². The van der Waals surface area contributed by atoms with Crippen LogP contribution >= 0.6 is 0 Å². The molecule has 39 heavy (non-hydrogen) atoms. The van der Waals surface area contributed by atoms with Crippen LogP contribution in [0.3, 0.4) is 0 Å². The monoisotopic (exact) mass is 558 g/mol. The first-order chi connectivity index (χ1) is 18.6. The summed E-state index contributed by atoms with van der Waals surface area (Å²) in [5, 5.41) is 47.6. The highest BCUT2D eigenvalue weighted by Crippen LogP contribution is 2.36. The number of Topliss-reactive ketones (excluding diaryl/α,β-unsaturated/α-hetero) is 1. The van der Waals surface area contributed by atoms with Crippen LogP contribution in [0.4, 0.5) is 0 Å². The summed E-state index contributed by atoms with van der Waals surface area (Å²) in [5.41, 5.74) is 0. The highest BCUT2D eigenvalue weighted by molar-refractivity contribution is 5.85. The molecule has 12 nitrogen and oxygen atoms in total. The summed E-state index contributed by atoms with van der Waals surface area (Å²) < 4.78 is 15.7. The Hall–Kier alpha value is -2.38. The molecule has 1 aliphatic heterocycles. The normalized spacial score (nSPS) is 30.9. The number of allylic oxidation sites excluding steroid dienone is 1. The topological polar surface area (TPSA) is 197 Å². The number of aliphatic carboxylic acids is 1. The molecule has 1 heterocycles. The lowest BCUT2D eigenvalue weighted by Gasteiger charge is -2.39. The molecule has 5 N–H and O–H groups in total. The van der Waals surface area contributed by atoms with Crippen LogP contribution in [0.2, 0.25) is 0 Å². The van der Waals surface area contributed by atoms with Gasteiger partial charge < -0.3 is 39.7 Å². The van der Waals surface area contributed by atoms with E-state index in [1.807, 2.05) is 19.1 Å². The van der Waals surface area contributed by atoms with Gasteiger partial charge in [-0.2, -0.15) is 0 Å². The molecular formula is C27H42O12. The third-order valence-electron chi connectivity index (χ3n) is 7.09. The Bertz CT molecular complexity index is 841. The summed E-state index contributed by atoms with van der Waals surface area (Å²) >= 11 is 0. The maximum absolute atomic E-state index is 12.8. The van der Waals surface area contributed by atoms with Gasteiger partial charge in [-0.1, -0.05) is 44.8 Å². The zero-order valence-electron chi connectivity index (χ0n) is 22.4. The van der Waals surface area contributed by atoms with Crippen molar-refractivity contribution in [2.45, 2.75) is 114 Å². The number of aliphatic hydroxyl groups excluding tert-OH is 4. The summed E-state index contributed by atoms with van der Waals surface area (Å²) in [7, 11) is 0. The van der Waals surface area contributed by atoms with E-state index >= 15 is 0 Å². The van der Waals surface area contributed by atoms with Gasteiger partial charge in [0.25, 0.3) is 0 Å². The Balaban J connectivity index is 1.86. The van der Waals surface area contributed by atoms with Crippen molar-refractivity contribution in [1.29, 1.82) is 0 Å². The molecule has 1 saturated carbocycles. The van der Waals surface area contributed by atoms with E-state index in [1.165, 1.54) is 0 Å². The number of hydrogen-bond acceptors (Lipinski definition) is 11. The van der Waals surface area contributed by atoms with Gasteiger partial charge >= 0.3 is 17.9 Å². The fourth-order valence-corrected chi connectivity index (χ4v) is 4.89. The van der Waals surface area contributed by atoms with E-state index in [1.54, 1.807) is 0 Å². The second-order valence-corrected chi connectivity index (χ2v) is 10.1. The second kappa shape index (κ2) is 16.7. The lowest BCUT2D eigenvalue weighted by Crippen LogP contribution is -2.59. The van der Waals surface area contributed by atoms with Crippen molar-refractivity contribution < 1.29 is 58.9 Å². The number of aliphatic hydroxyl groups is 4. The van der Waals surface area contributed by atoms with Crippen molar-refractivity contribution in [3.05, 3.63) is 12.2 Å². The lowest BCUT2D eigenvalue weighted by atomic mass is 9.88. The molecule has 12 heteroatoms. The molecule has 2 aliphatic rings. The summed E-state index contributed by atoms with van der Waals surface area (Å²) in [6, 6.07) is 0. The van der Waals surface area contributed by atoms with Crippen LogP contribution < -0.4 is 0 Å². The van der Waals surface area contributed by atoms with Crippen LogP contribution in [-0.2, 0) is 33.4 Å². The van der Waals surface area contributed by atoms with Gasteiger partial charge in [-0.25, -0.2) is 0 Å². The van der Waals surface area contributed by atoms with Crippen molar-refractivity contribution in [2.75, 3.05) is 6.61 Å². The number of esters is 2. The average molecular weight is 559 g/mol. The number of ether oxygens (including phenoxy) is 3. The van der Waals surface area contributed by atoms with Crippen LogP contribution in [0, 0.1) is 11.8 Å². The Labute approximate surface area is 227 Å². The smallest absolute Gasteiger partial charge is 0.308 e. The Morgan fingerprint density at radius 2 is 1.62 bits per heavy atom. The van der Waals surface area contributed by atoms with E-state index in [4.69, 9.17) is 19.3 Å². The third kappa shape index (κ3) is 10.3. The predicted octanol–water partition coefficient (Wildman–Crippen LogP) is 1.01. The van der Waals surface area contributed by atoms with E-state index in [9.17, 15) is 39.6 Å². The fourth-order valence-electron chi connectivity index (χ4n) is 4.89. The molecule has 0 aromatic carbocycles. The SMILES string of the molecule is CCC/C=C/C1C(OC(=O)CCC(=O)OC2O[C@H](CO)[C@@H](O)[C@H](O)[C@H]2O)CC(=O)C1CCCCCCC(=O)O. The minimum Gasteiger partial charge on any atom is -0.481 e. The molecule has 222 valence electrons. The number of ketones is 1. The molecule has 1 saturated heterocycles. The fraction of sp³-hybridized carbons (Fsp3) is 0.778. The number of hydrogen-bond donors (Lipinski definition) is 5. The van der Waals surface area contributed by atoms with Crippen molar-refractivity contribution in [3.8, 4) is 0 Å². The van der Waals surface area contributed by atoms with Crippen molar-refractivity contribution in [1.82, 2.24) is 0 Å². The first-order valence-electron chi connectivity index (χ1n) is 13.7. The van der Waals surface area contributed by atoms with Gasteiger partial charge in [0.05, 0.1) is 19.4 Å². The molecule has 0 aromatic rings. The summed E-state index contributed by atoms with van der Waals surface area (Å²) in [4.78, 5) is 48.2. The van der Waals surface area contributed by atoms with Crippen LogP contribution in [0.25, 0.3) is 0 Å². The first-order valence-corrected chi connectivity index (χ1v) is 13.7. The van der Waals surface area contributed by atoms with Crippen LogP contribution in [-0.4, -0.2) is 92.6 Å². The van der Waals surface area contributed by atoms with Gasteiger partial charge in [-0.05, 0) is 19.3 Å². The maximum Gasteiger partial charge on any atom is 0.308 e. The molecular weight excluding hydrogens is 516 g/mol. The molecule has 1 aliphatic carbocycles. The van der Waals surface area contributed by atoms with E-state index in [-0.39, 0.29) is 36.9 Å². The number of carboxylic acid groups (broad SMARTS) is 1. The number of unbranched alkanes of at least 4 members (excludes halogenated alkanes) is 4. The van der Waals surface area contributed by atoms with Crippen molar-refractivity contribution in [2.24, 2.45) is 11.8 Å². The highest BCUT2D eigenvalue weighted by atomic mass is 16.7. The minimum atomic E-state index is -1.74. The average Bonchev–Trinajstić information content (AvgIpc) is 3.18. The zero-order valence-corrected chi connectivity index (χ0v) is 22.4. The largest absolute Gasteiger partial charge is 0.481 e. The molecule has 0 spiro atoms. The molecule has 8 atom stereocenters. The van der Waals surface area contributed by atoms with Gasteiger partial charge in [0, 0.05) is 24.7 Å². The first kappa shape index (κ1) is 32.8. The highest BCUT2D eigenvalue weighted by Gasteiger charge is 2.45. The van der Waals surface area contributed by atoms with E-state index < -0.39 is 67.7 Å².